The van der Waals surface area contributed by atoms with Crippen LogP contribution in [0.4, 0.5) is 0 Å². The second-order valence-electron chi connectivity index (χ2n) is 10.1. The molecule has 5 aromatic carbocycles. The molecule has 1 unspecified atom stereocenters. The number of hydrogen-bond donors (Lipinski definition) is 0. The first-order chi connectivity index (χ1) is 17.8. The number of hydrogen-bond acceptors (Lipinski definition) is 0. The summed E-state index contributed by atoms with van der Waals surface area (Å²) >= 11 is -2.20. The van der Waals surface area contributed by atoms with Gasteiger partial charge in [-0.15, -0.1) is 0 Å². The Kier molecular flexibility index (Phi) is 5.37. The van der Waals surface area contributed by atoms with Crippen molar-refractivity contribution in [2.45, 2.75) is 21.1 Å². The Morgan fingerprint density at radius 2 is 1.11 bits per heavy atom. The fraction of sp³-hybridized carbons (Fsp3) is 0.114. The summed E-state index contributed by atoms with van der Waals surface area (Å²) < 4.78 is 3.78. The van der Waals surface area contributed by atoms with E-state index >= 15 is 0 Å². The molecular weight excluding hydrogens is 512 g/mol. The molecule has 2 aliphatic rings. The van der Waals surface area contributed by atoms with Gasteiger partial charge in [-0.3, -0.25) is 0 Å². The Morgan fingerprint density at radius 1 is 0.556 bits per heavy atom. The molecule has 0 aromatic heterocycles. The molecule has 0 radical (unpaired) electrons. The van der Waals surface area contributed by atoms with Gasteiger partial charge in [0.1, 0.15) is 0 Å². The van der Waals surface area contributed by atoms with Gasteiger partial charge in [0.25, 0.3) is 0 Å². The van der Waals surface area contributed by atoms with E-state index in [0.29, 0.717) is 7.25 Å². The summed E-state index contributed by atoms with van der Waals surface area (Å²) in [6.45, 7) is 4.73. The molecule has 7 rings (SSSR count). The van der Waals surface area contributed by atoms with Crippen LogP contribution in [0, 0.1) is 0 Å². The van der Waals surface area contributed by atoms with Gasteiger partial charge >= 0.3 is 222 Å². The van der Waals surface area contributed by atoms with Crippen molar-refractivity contribution in [1.29, 1.82) is 0 Å². The third kappa shape index (κ3) is 3.26. The maximum absolute atomic E-state index is 2.66. The van der Waals surface area contributed by atoms with Gasteiger partial charge in [-0.25, -0.2) is 0 Å². The Balaban J connectivity index is 1.40. The first kappa shape index (κ1) is 22.1. The van der Waals surface area contributed by atoms with Crippen LogP contribution in [-0.2, 0) is 21.3 Å². The molecule has 5 aromatic rings. The quantitative estimate of drug-likeness (QED) is 0.214. The molecule has 1 heteroatoms. The molecule has 0 spiro atoms. The summed E-state index contributed by atoms with van der Waals surface area (Å²) in [6.07, 6.45) is 2.51. The minimum atomic E-state index is -2.20. The second-order valence-corrected chi connectivity index (χ2v) is 16.8. The number of allylic oxidation sites excluding steroid dienone is 1. The van der Waals surface area contributed by atoms with Gasteiger partial charge in [-0.1, -0.05) is 0 Å². The van der Waals surface area contributed by atoms with E-state index < -0.39 is 21.3 Å². The fourth-order valence-electron chi connectivity index (χ4n) is 6.70. The number of fused-ring (bicyclic) bond motifs is 5. The first-order valence-electron chi connectivity index (χ1n) is 12.9. The molecule has 0 saturated heterocycles. The average molecular weight is 540 g/mol. The summed E-state index contributed by atoms with van der Waals surface area (Å²) in [7, 11) is 0. The van der Waals surface area contributed by atoms with Gasteiger partial charge in [0.15, 0.2) is 0 Å². The fourth-order valence-corrected chi connectivity index (χ4v) is 15.2. The van der Waals surface area contributed by atoms with E-state index in [9.17, 15) is 0 Å². The number of rotatable bonds is 3. The van der Waals surface area contributed by atoms with E-state index in [2.05, 4.69) is 133 Å². The molecule has 0 heterocycles. The average Bonchev–Trinajstić information content (AvgIpc) is 3.44. The summed E-state index contributed by atoms with van der Waals surface area (Å²) in [4.78, 5) is 0. The van der Waals surface area contributed by atoms with Crippen molar-refractivity contribution in [3.8, 4) is 22.3 Å². The molecule has 0 N–H and O–H groups in total. The van der Waals surface area contributed by atoms with Crippen molar-refractivity contribution in [2.75, 3.05) is 0 Å². The van der Waals surface area contributed by atoms with Gasteiger partial charge in [0, 0.05) is 0 Å². The molecule has 0 fully saturated rings. The second kappa shape index (κ2) is 8.75. The van der Waals surface area contributed by atoms with Crippen molar-refractivity contribution in [1.82, 2.24) is 0 Å². The van der Waals surface area contributed by atoms with Crippen LogP contribution >= 0.6 is 0 Å². The third-order valence-electron chi connectivity index (χ3n) is 8.19. The molecule has 36 heavy (non-hydrogen) atoms. The van der Waals surface area contributed by atoms with E-state index in [1.54, 1.807) is 22.3 Å². The molecular formula is C35H28Zr. The van der Waals surface area contributed by atoms with Gasteiger partial charge in [-0.2, -0.15) is 0 Å². The molecule has 1 atom stereocenters. The van der Waals surface area contributed by atoms with E-state index in [4.69, 9.17) is 0 Å². The van der Waals surface area contributed by atoms with Crippen LogP contribution in [-0.4, -0.2) is 3.71 Å². The van der Waals surface area contributed by atoms with Gasteiger partial charge in [0.2, 0.25) is 0 Å². The predicted molar refractivity (Wildman–Crippen MR) is 151 cm³/mol. The molecule has 0 aliphatic heterocycles. The van der Waals surface area contributed by atoms with Crippen LogP contribution in [0.5, 0.6) is 0 Å². The summed E-state index contributed by atoms with van der Waals surface area (Å²) in [5.41, 5.74) is 13.3. The molecule has 2 aliphatic carbocycles. The maximum atomic E-state index is 2.66. The first-order valence-corrected chi connectivity index (χ1v) is 17.2. The Hall–Kier alpha value is -3.15. The molecule has 0 bridgehead atoms. The van der Waals surface area contributed by atoms with Crippen LogP contribution in [0.3, 0.4) is 0 Å². The minimum absolute atomic E-state index is 0.560. The zero-order valence-electron chi connectivity index (χ0n) is 20.7. The van der Waals surface area contributed by atoms with Crippen LogP contribution < -0.4 is 0 Å². The van der Waals surface area contributed by atoms with E-state index in [0.717, 1.165) is 0 Å². The van der Waals surface area contributed by atoms with Crippen LogP contribution in [0.2, 0.25) is 0 Å². The van der Waals surface area contributed by atoms with Crippen LogP contribution in [0.1, 0.15) is 43.4 Å². The summed E-state index contributed by atoms with van der Waals surface area (Å²) in [5, 5.41) is 2.64. The Morgan fingerprint density at radius 3 is 1.86 bits per heavy atom. The monoisotopic (exact) mass is 538 g/mol. The predicted octanol–water partition coefficient (Wildman–Crippen LogP) is 9.18. The van der Waals surface area contributed by atoms with Crippen molar-refractivity contribution >= 4 is 20.6 Å². The van der Waals surface area contributed by atoms with E-state index in [-0.39, 0.29) is 0 Å². The van der Waals surface area contributed by atoms with Gasteiger partial charge in [-0.05, 0) is 0 Å². The van der Waals surface area contributed by atoms with E-state index in [1.165, 1.54) is 38.6 Å². The Bertz CT molecular complexity index is 1670. The summed E-state index contributed by atoms with van der Waals surface area (Å²) in [6, 6.07) is 40.8. The zero-order valence-corrected chi connectivity index (χ0v) is 23.2. The third-order valence-corrected chi connectivity index (χ3v) is 16.5. The van der Waals surface area contributed by atoms with Crippen molar-refractivity contribution in [3.63, 3.8) is 0 Å². The molecule has 0 saturated carbocycles. The normalized spacial score (nSPS) is 16.6. The van der Waals surface area contributed by atoms with Crippen molar-refractivity contribution < 1.29 is 21.3 Å². The Labute approximate surface area is 221 Å². The van der Waals surface area contributed by atoms with Crippen molar-refractivity contribution in [2.24, 2.45) is 0 Å². The standard InChI is InChI=1S/C20H15.C13H9.C2H4.Zr/c1-14-12-16-8-5-11-19(20(16)13-14)18-10-4-7-15-6-2-3-9-17(15)18;1-3-7-12-10(5-1)9-11-6-2-4-8-13(11)12;1-2;/h2-13H,1H3;1-9H;1H,2H3;. The molecule has 172 valence electrons. The van der Waals surface area contributed by atoms with Crippen LogP contribution in [0.25, 0.3) is 39.1 Å². The van der Waals surface area contributed by atoms with Crippen molar-refractivity contribution in [3.05, 3.63) is 137 Å². The summed E-state index contributed by atoms with van der Waals surface area (Å²) in [5.74, 6) is 0. The SMILES string of the molecule is C[CH]=[Zr]([CH]1C(C)=Cc2c(-c3cccc4ccccc34)cccc21)[CH]1c2ccccc2-c2ccccc21. The molecule has 0 nitrogen and oxygen atoms in total. The van der Waals surface area contributed by atoms with Gasteiger partial charge in [0.05, 0.1) is 0 Å². The van der Waals surface area contributed by atoms with E-state index in [1.807, 2.05) is 0 Å². The molecule has 0 amide bonds. The van der Waals surface area contributed by atoms with Crippen LogP contribution in [0.15, 0.2) is 115 Å². The zero-order chi connectivity index (χ0) is 24.2. The number of benzene rings is 5. The van der Waals surface area contributed by atoms with Gasteiger partial charge < -0.3 is 0 Å². The topological polar surface area (TPSA) is 0 Å².